The number of aromatic nitrogens is 1. The van der Waals surface area contributed by atoms with E-state index in [1.165, 1.54) is 6.07 Å². The number of aliphatic hydroxyl groups is 1. The van der Waals surface area contributed by atoms with Gasteiger partial charge in [0.1, 0.15) is 0 Å². The van der Waals surface area contributed by atoms with E-state index in [0.29, 0.717) is 0 Å². The van der Waals surface area contributed by atoms with Gasteiger partial charge in [-0.3, -0.25) is 4.79 Å². The molecular formula is C13H14BrNO2. The van der Waals surface area contributed by atoms with Gasteiger partial charge >= 0.3 is 0 Å². The molecule has 4 heteroatoms. The minimum atomic E-state index is -0.912. The molecule has 0 aliphatic heterocycles. The molecule has 2 aromatic rings. The van der Waals surface area contributed by atoms with E-state index in [1.807, 2.05) is 18.2 Å². The Kier molecular flexibility index (Phi) is 3.10. The van der Waals surface area contributed by atoms with Gasteiger partial charge in [-0.25, -0.2) is 0 Å². The van der Waals surface area contributed by atoms with Crippen molar-refractivity contribution < 1.29 is 5.11 Å². The molecular weight excluding hydrogens is 282 g/mol. The van der Waals surface area contributed by atoms with Crippen molar-refractivity contribution in [2.24, 2.45) is 0 Å². The van der Waals surface area contributed by atoms with Crippen LogP contribution in [-0.2, 0) is 6.54 Å². The second-order valence-electron chi connectivity index (χ2n) is 4.77. The first kappa shape index (κ1) is 12.3. The van der Waals surface area contributed by atoms with E-state index < -0.39 is 5.60 Å². The normalized spacial score (nSPS) is 12.0. The molecule has 0 fully saturated rings. The van der Waals surface area contributed by atoms with E-state index in [0.717, 1.165) is 15.4 Å². The molecule has 0 spiro atoms. The largest absolute Gasteiger partial charge is 0.389 e. The Labute approximate surface area is 108 Å². The summed E-state index contributed by atoms with van der Waals surface area (Å²) in [4.78, 5) is 11.8. The van der Waals surface area contributed by atoms with E-state index >= 15 is 0 Å². The molecule has 2 rings (SSSR count). The fourth-order valence-corrected chi connectivity index (χ4v) is 2.20. The first-order valence-electron chi connectivity index (χ1n) is 5.38. The Bertz CT molecular complexity index is 611. The van der Waals surface area contributed by atoms with E-state index in [1.54, 1.807) is 24.5 Å². The highest BCUT2D eigenvalue weighted by Gasteiger charge is 2.15. The smallest absolute Gasteiger partial charge is 0.251 e. The van der Waals surface area contributed by atoms with Gasteiger partial charge in [-0.05, 0) is 43.5 Å². The van der Waals surface area contributed by atoms with Crippen LogP contribution < -0.4 is 5.56 Å². The lowest BCUT2D eigenvalue weighted by atomic mass is 10.1. The first-order valence-corrected chi connectivity index (χ1v) is 6.18. The summed E-state index contributed by atoms with van der Waals surface area (Å²) in [5.74, 6) is 0. The Morgan fingerprint density at radius 1 is 1.29 bits per heavy atom. The van der Waals surface area contributed by atoms with Gasteiger partial charge in [0.05, 0.1) is 17.7 Å². The first-order chi connectivity index (χ1) is 7.87. The summed E-state index contributed by atoms with van der Waals surface area (Å²) < 4.78 is 2.57. The van der Waals surface area contributed by atoms with E-state index in [2.05, 4.69) is 15.9 Å². The quantitative estimate of drug-likeness (QED) is 0.925. The van der Waals surface area contributed by atoms with Crippen LogP contribution in [0.5, 0.6) is 0 Å². The molecule has 0 saturated heterocycles. The molecule has 0 radical (unpaired) electrons. The number of rotatable bonds is 2. The average Bonchev–Trinajstić information content (AvgIpc) is 2.21. The van der Waals surface area contributed by atoms with E-state index in [-0.39, 0.29) is 12.1 Å². The fourth-order valence-electron chi connectivity index (χ4n) is 1.82. The third-order valence-electron chi connectivity index (χ3n) is 2.50. The Hall–Kier alpha value is -1.13. The van der Waals surface area contributed by atoms with Crippen molar-refractivity contribution in [3.63, 3.8) is 0 Å². The van der Waals surface area contributed by atoms with Crippen LogP contribution in [0, 0.1) is 0 Å². The number of hydrogen-bond donors (Lipinski definition) is 1. The molecule has 0 aliphatic carbocycles. The van der Waals surface area contributed by atoms with E-state index in [4.69, 9.17) is 0 Å². The van der Waals surface area contributed by atoms with Crippen LogP contribution >= 0.6 is 15.9 Å². The Morgan fingerprint density at radius 3 is 2.65 bits per heavy atom. The summed E-state index contributed by atoms with van der Waals surface area (Å²) in [7, 11) is 0. The molecule has 0 bridgehead atoms. The van der Waals surface area contributed by atoms with Gasteiger partial charge in [-0.15, -0.1) is 0 Å². The van der Waals surface area contributed by atoms with Crippen LogP contribution in [0.25, 0.3) is 10.9 Å². The summed E-state index contributed by atoms with van der Waals surface area (Å²) in [6.07, 6.45) is 0. The molecule has 0 saturated carbocycles. The number of hydrogen-bond acceptors (Lipinski definition) is 2. The van der Waals surface area contributed by atoms with Gasteiger partial charge in [-0.2, -0.15) is 0 Å². The van der Waals surface area contributed by atoms with Crippen LogP contribution in [-0.4, -0.2) is 15.3 Å². The molecule has 3 nitrogen and oxygen atoms in total. The lowest BCUT2D eigenvalue weighted by molar-refractivity contribution is 0.0618. The molecule has 0 atom stereocenters. The fraction of sp³-hybridized carbons (Fsp3) is 0.308. The molecule has 1 heterocycles. The number of fused-ring (bicyclic) bond motifs is 1. The molecule has 17 heavy (non-hydrogen) atoms. The van der Waals surface area contributed by atoms with Gasteiger partial charge in [0, 0.05) is 10.5 Å². The maximum atomic E-state index is 11.8. The lowest BCUT2D eigenvalue weighted by Crippen LogP contribution is -2.32. The zero-order chi connectivity index (χ0) is 12.6. The zero-order valence-corrected chi connectivity index (χ0v) is 11.4. The molecule has 90 valence electrons. The summed E-state index contributed by atoms with van der Waals surface area (Å²) in [6.45, 7) is 3.67. The molecule has 1 N–H and O–H groups in total. The second kappa shape index (κ2) is 4.27. The van der Waals surface area contributed by atoms with Crippen molar-refractivity contribution in [1.82, 2.24) is 4.57 Å². The van der Waals surface area contributed by atoms with Crippen molar-refractivity contribution in [2.45, 2.75) is 26.0 Å². The highest BCUT2D eigenvalue weighted by Crippen LogP contribution is 2.19. The molecule has 0 amide bonds. The molecule has 1 aromatic carbocycles. The van der Waals surface area contributed by atoms with Crippen molar-refractivity contribution in [3.8, 4) is 0 Å². The predicted molar refractivity (Wildman–Crippen MR) is 72.2 cm³/mol. The zero-order valence-electron chi connectivity index (χ0n) is 9.77. The molecule has 1 aromatic heterocycles. The van der Waals surface area contributed by atoms with Crippen LogP contribution in [0.2, 0.25) is 0 Å². The van der Waals surface area contributed by atoms with Crippen LogP contribution in [0.3, 0.4) is 0 Å². The van der Waals surface area contributed by atoms with Gasteiger partial charge in [0.25, 0.3) is 5.56 Å². The minimum Gasteiger partial charge on any atom is -0.389 e. The van der Waals surface area contributed by atoms with Crippen molar-refractivity contribution in [1.29, 1.82) is 0 Å². The number of nitrogens with zero attached hydrogens (tertiary/aromatic N) is 1. The lowest BCUT2D eigenvalue weighted by Gasteiger charge is -2.20. The minimum absolute atomic E-state index is 0.0954. The summed E-state index contributed by atoms with van der Waals surface area (Å²) in [5, 5.41) is 10.8. The van der Waals surface area contributed by atoms with E-state index in [9.17, 15) is 9.90 Å². The van der Waals surface area contributed by atoms with Crippen molar-refractivity contribution >= 4 is 26.8 Å². The second-order valence-corrected chi connectivity index (χ2v) is 5.69. The maximum Gasteiger partial charge on any atom is 0.251 e. The third kappa shape index (κ3) is 2.76. The topological polar surface area (TPSA) is 42.2 Å². The maximum absolute atomic E-state index is 11.8. The monoisotopic (exact) mass is 295 g/mol. The van der Waals surface area contributed by atoms with Gasteiger partial charge in [-0.1, -0.05) is 15.9 Å². The van der Waals surface area contributed by atoms with Crippen molar-refractivity contribution in [3.05, 3.63) is 45.2 Å². The number of benzene rings is 1. The third-order valence-corrected chi connectivity index (χ3v) is 2.99. The standard InChI is InChI=1S/C13H14BrNO2/c1-13(2,17)8-15-11-5-4-10(14)7-9(11)3-6-12(15)16/h3-7,17H,8H2,1-2H3. The van der Waals surface area contributed by atoms with Crippen LogP contribution in [0.4, 0.5) is 0 Å². The van der Waals surface area contributed by atoms with Crippen molar-refractivity contribution in [2.75, 3.05) is 0 Å². The summed E-state index contributed by atoms with van der Waals surface area (Å²) in [6, 6.07) is 9.05. The highest BCUT2D eigenvalue weighted by molar-refractivity contribution is 9.10. The SMILES string of the molecule is CC(C)(O)Cn1c(=O)ccc2cc(Br)ccc21. The highest BCUT2D eigenvalue weighted by atomic mass is 79.9. The van der Waals surface area contributed by atoms with Crippen LogP contribution in [0.1, 0.15) is 13.8 Å². The predicted octanol–water partition coefficient (Wildman–Crippen LogP) is 2.53. The van der Waals surface area contributed by atoms with Gasteiger partial charge in [0.15, 0.2) is 0 Å². The summed E-state index contributed by atoms with van der Waals surface area (Å²) >= 11 is 3.40. The van der Waals surface area contributed by atoms with Gasteiger partial charge in [0.2, 0.25) is 0 Å². The Balaban J connectivity index is 2.68. The number of pyridine rings is 1. The van der Waals surface area contributed by atoms with Gasteiger partial charge < -0.3 is 9.67 Å². The average molecular weight is 296 g/mol. The summed E-state index contributed by atoms with van der Waals surface area (Å²) in [5.41, 5.74) is -0.171. The number of halogens is 1. The molecule has 0 unspecified atom stereocenters. The Morgan fingerprint density at radius 2 is 2.00 bits per heavy atom. The van der Waals surface area contributed by atoms with Crippen LogP contribution in [0.15, 0.2) is 39.6 Å². The molecule has 0 aliphatic rings.